The van der Waals surface area contributed by atoms with E-state index in [0.717, 1.165) is 28.9 Å². The summed E-state index contributed by atoms with van der Waals surface area (Å²) in [7, 11) is 0. The Bertz CT molecular complexity index is 1060. The van der Waals surface area contributed by atoms with Crippen molar-refractivity contribution < 1.29 is 18.7 Å². The third kappa shape index (κ3) is 5.45. The topological polar surface area (TPSA) is 71.8 Å². The highest BCUT2D eigenvalue weighted by Gasteiger charge is 2.30. The Morgan fingerprint density at radius 3 is 2.72 bits per heavy atom. The third-order valence-electron chi connectivity index (χ3n) is 5.77. The maximum absolute atomic E-state index is 12.8. The first-order chi connectivity index (χ1) is 15.6. The number of amides is 2. The number of fused-ring (bicyclic) bond motifs is 1. The molecule has 0 radical (unpaired) electrons. The van der Waals surface area contributed by atoms with Gasteiger partial charge in [0.1, 0.15) is 12.4 Å². The molecule has 0 bridgehead atoms. The Kier molecular flexibility index (Phi) is 7.02. The van der Waals surface area contributed by atoms with E-state index in [-0.39, 0.29) is 24.3 Å². The normalized spacial score (nSPS) is 15.3. The summed E-state index contributed by atoms with van der Waals surface area (Å²) in [4.78, 5) is 26.7. The van der Waals surface area contributed by atoms with E-state index in [1.165, 1.54) is 5.56 Å². The molecule has 6 nitrogen and oxygen atoms in total. The molecule has 1 aliphatic heterocycles. The van der Waals surface area contributed by atoms with E-state index in [2.05, 4.69) is 11.4 Å². The van der Waals surface area contributed by atoms with Crippen molar-refractivity contribution in [3.05, 3.63) is 94.9 Å². The number of carbonyl (C=O) groups is 2. The zero-order valence-electron chi connectivity index (χ0n) is 18.3. The van der Waals surface area contributed by atoms with Crippen LogP contribution in [0.2, 0.25) is 0 Å². The average Bonchev–Trinajstić information content (AvgIpc) is 3.31. The second-order valence-corrected chi connectivity index (χ2v) is 8.05. The summed E-state index contributed by atoms with van der Waals surface area (Å²) < 4.78 is 11.0. The number of nitrogens with zero attached hydrogens (tertiary/aromatic N) is 1. The Hall–Kier alpha value is -3.38. The molecule has 0 saturated carbocycles. The minimum absolute atomic E-state index is 0.000414. The zero-order chi connectivity index (χ0) is 22.3. The van der Waals surface area contributed by atoms with Crippen molar-refractivity contribution in [2.75, 3.05) is 6.54 Å². The molecule has 2 amide bonds. The van der Waals surface area contributed by atoms with Gasteiger partial charge >= 0.3 is 0 Å². The van der Waals surface area contributed by atoms with Gasteiger partial charge in [0.25, 0.3) is 0 Å². The maximum Gasteiger partial charge on any atom is 0.222 e. The fourth-order valence-electron chi connectivity index (χ4n) is 4.19. The summed E-state index contributed by atoms with van der Waals surface area (Å²) >= 11 is 0. The quantitative estimate of drug-likeness (QED) is 0.581. The standard InChI is InChI=1S/C26H28N2O4/c1-19(29)28-12-11-22-8-2-3-10-24(22)25(28)15-26(30)27-16-20-6-4-7-21(14-20)17-31-18-23-9-5-13-32-23/h2-10,13-14,25H,11-12,15-18H2,1H3,(H,27,30). The summed E-state index contributed by atoms with van der Waals surface area (Å²) in [5.41, 5.74) is 4.32. The highest BCUT2D eigenvalue weighted by Crippen LogP contribution is 2.32. The summed E-state index contributed by atoms with van der Waals surface area (Å²) in [5, 5.41) is 3.01. The summed E-state index contributed by atoms with van der Waals surface area (Å²) in [6.07, 6.45) is 2.70. The molecule has 166 valence electrons. The molecule has 4 rings (SSSR count). The first-order valence-corrected chi connectivity index (χ1v) is 10.9. The lowest BCUT2D eigenvalue weighted by Gasteiger charge is -2.36. The van der Waals surface area contributed by atoms with Crippen LogP contribution in [0.5, 0.6) is 0 Å². The first-order valence-electron chi connectivity index (χ1n) is 10.9. The summed E-state index contributed by atoms with van der Waals surface area (Å²) in [6, 6.07) is 19.5. The molecule has 1 N–H and O–H groups in total. The Labute approximate surface area is 188 Å². The first kappa shape index (κ1) is 21.8. The fraction of sp³-hybridized carbons (Fsp3) is 0.308. The third-order valence-corrected chi connectivity index (χ3v) is 5.77. The molecular formula is C26H28N2O4. The van der Waals surface area contributed by atoms with Crippen LogP contribution >= 0.6 is 0 Å². The van der Waals surface area contributed by atoms with Gasteiger partial charge in [-0.1, -0.05) is 48.5 Å². The lowest BCUT2D eigenvalue weighted by Crippen LogP contribution is -2.41. The van der Waals surface area contributed by atoms with E-state index >= 15 is 0 Å². The van der Waals surface area contributed by atoms with Gasteiger partial charge in [-0.2, -0.15) is 0 Å². The number of nitrogens with one attached hydrogen (secondary N) is 1. The molecule has 1 unspecified atom stereocenters. The molecule has 0 fully saturated rings. The molecular weight excluding hydrogens is 404 g/mol. The number of carbonyl (C=O) groups excluding carboxylic acids is 2. The van der Waals surface area contributed by atoms with Crippen LogP contribution in [0.3, 0.4) is 0 Å². The van der Waals surface area contributed by atoms with E-state index in [0.29, 0.717) is 26.3 Å². The smallest absolute Gasteiger partial charge is 0.222 e. The van der Waals surface area contributed by atoms with Crippen molar-refractivity contribution in [1.82, 2.24) is 10.2 Å². The van der Waals surface area contributed by atoms with Crippen LogP contribution in [0.25, 0.3) is 0 Å². The van der Waals surface area contributed by atoms with Crippen molar-refractivity contribution in [2.24, 2.45) is 0 Å². The number of benzene rings is 2. The van der Waals surface area contributed by atoms with Gasteiger partial charge in [-0.15, -0.1) is 0 Å². The van der Waals surface area contributed by atoms with Gasteiger partial charge in [-0.3, -0.25) is 9.59 Å². The Morgan fingerprint density at radius 2 is 1.91 bits per heavy atom. The van der Waals surface area contributed by atoms with E-state index < -0.39 is 0 Å². The lowest BCUT2D eigenvalue weighted by atomic mass is 9.90. The minimum Gasteiger partial charge on any atom is -0.467 e. The summed E-state index contributed by atoms with van der Waals surface area (Å²) in [5.74, 6) is 0.717. The van der Waals surface area contributed by atoms with Crippen LogP contribution in [0.4, 0.5) is 0 Å². The van der Waals surface area contributed by atoms with Gasteiger partial charge in [0.05, 0.1) is 25.3 Å². The molecule has 2 heterocycles. The Morgan fingerprint density at radius 1 is 1.06 bits per heavy atom. The molecule has 1 atom stereocenters. The monoisotopic (exact) mass is 432 g/mol. The van der Waals surface area contributed by atoms with Gasteiger partial charge in [-0.25, -0.2) is 0 Å². The van der Waals surface area contributed by atoms with E-state index in [1.807, 2.05) is 54.6 Å². The second-order valence-electron chi connectivity index (χ2n) is 8.05. The van der Waals surface area contributed by atoms with Gasteiger partial charge in [0.2, 0.25) is 11.8 Å². The van der Waals surface area contributed by atoms with Crippen molar-refractivity contribution in [3.63, 3.8) is 0 Å². The lowest BCUT2D eigenvalue weighted by molar-refractivity contribution is -0.133. The van der Waals surface area contributed by atoms with Gasteiger partial charge in [0.15, 0.2) is 0 Å². The van der Waals surface area contributed by atoms with Gasteiger partial charge in [-0.05, 0) is 40.8 Å². The van der Waals surface area contributed by atoms with Crippen LogP contribution < -0.4 is 5.32 Å². The number of rotatable bonds is 8. The molecule has 6 heteroatoms. The van der Waals surface area contributed by atoms with Crippen LogP contribution in [-0.2, 0) is 40.5 Å². The molecule has 0 saturated heterocycles. The number of ether oxygens (including phenoxy) is 1. The van der Waals surface area contributed by atoms with Crippen molar-refractivity contribution in [3.8, 4) is 0 Å². The molecule has 0 spiro atoms. The van der Waals surface area contributed by atoms with Crippen LogP contribution in [-0.4, -0.2) is 23.3 Å². The van der Waals surface area contributed by atoms with Gasteiger partial charge < -0.3 is 19.4 Å². The summed E-state index contributed by atoms with van der Waals surface area (Å²) in [6.45, 7) is 3.53. The zero-order valence-corrected chi connectivity index (χ0v) is 18.3. The molecule has 1 aliphatic rings. The molecule has 3 aromatic rings. The largest absolute Gasteiger partial charge is 0.467 e. The highest BCUT2D eigenvalue weighted by atomic mass is 16.5. The number of hydrogen-bond acceptors (Lipinski definition) is 4. The predicted octanol–water partition coefficient (Wildman–Crippen LogP) is 4.15. The molecule has 1 aromatic heterocycles. The van der Waals surface area contributed by atoms with Crippen LogP contribution in [0.15, 0.2) is 71.3 Å². The molecule has 32 heavy (non-hydrogen) atoms. The van der Waals surface area contributed by atoms with Crippen molar-refractivity contribution in [2.45, 2.75) is 45.6 Å². The number of hydrogen-bond donors (Lipinski definition) is 1. The number of furan rings is 1. The van der Waals surface area contributed by atoms with Crippen LogP contribution in [0.1, 0.15) is 47.4 Å². The molecule has 0 aliphatic carbocycles. The molecule has 2 aromatic carbocycles. The van der Waals surface area contributed by atoms with E-state index in [9.17, 15) is 9.59 Å². The predicted molar refractivity (Wildman–Crippen MR) is 120 cm³/mol. The van der Waals surface area contributed by atoms with E-state index in [1.54, 1.807) is 18.1 Å². The SMILES string of the molecule is CC(=O)N1CCc2ccccc2C1CC(=O)NCc1cccc(COCc2ccco2)c1. The highest BCUT2D eigenvalue weighted by molar-refractivity contribution is 5.79. The van der Waals surface area contributed by atoms with Crippen molar-refractivity contribution in [1.29, 1.82) is 0 Å². The van der Waals surface area contributed by atoms with Crippen LogP contribution in [0, 0.1) is 0 Å². The van der Waals surface area contributed by atoms with Gasteiger partial charge in [0, 0.05) is 20.0 Å². The maximum atomic E-state index is 12.8. The Balaban J connectivity index is 1.33. The van der Waals surface area contributed by atoms with Crippen molar-refractivity contribution >= 4 is 11.8 Å². The second kappa shape index (κ2) is 10.3. The minimum atomic E-state index is -0.223. The van der Waals surface area contributed by atoms with E-state index in [4.69, 9.17) is 9.15 Å². The average molecular weight is 433 g/mol. The fourth-order valence-corrected chi connectivity index (χ4v) is 4.19.